The fourth-order valence-corrected chi connectivity index (χ4v) is 1.52. The summed E-state index contributed by atoms with van der Waals surface area (Å²) in [5.41, 5.74) is 0.00564. The van der Waals surface area contributed by atoms with Gasteiger partial charge in [-0.1, -0.05) is 12.2 Å². The number of aromatic nitrogens is 2. The number of H-pyrrole nitrogens is 1. The molecule has 0 amide bonds. The van der Waals surface area contributed by atoms with E-state index >= 15 is 0 Å². The highest BCUT2D eigenvalue weighted by molar-refractivity contribution is 6.28. The maximum Gasteiger partial charge on any atom is 0.275 e. The van der Waals surface area contributed by atoms with E-state index in [0.29, 0.717) is 26.4 Å². The van der Waals surface area contributed by atoms with Crippen molar-refractivity contribution in [2.45, 2.75) is 0 Å². The molecule has 3 N–H and O–H groups in total. The highest BCUT2D eigenvalue weighted by Crippen LogP contribution is 2.06. The van der Waals surface area contributed by atoms with Crippen LogP contribution in [0.25, 0.3) is 0 Å². The minimum absolute atomic E-state index is 0.0406. The number of anilines is 1. The Morgan fingerprint density at radius 1 is 1.45 bits per heavy atom. The lowest BCUT2D eigenvalue weighted by Crippen LogP contribution is -2.18. The van der Waals surface area contributed by atoms with Crippen LogP contribution in [0.1, 0.15) is 5.69 Å². The van der Waals surface area contributed by atoms with Gasteiger partial charge in [-0.2, -0.15) is 0 Å². The Hall–Kier alpha value is -1.70. The zero-order chi connectivity index (χ0) is 14.8. The minimum atomic E-state index is -0.409. The SMILES string of the molecule is COCCOC/C=C/CNc1c(C=N)nc(Cl)[nH]c1=O. The van der Waals surface area contributed by atoms with Crippen LogP contribution >= 0.6 is 11.6 Å². The molecule has 1 rings (SSSR count). The number of aromatic amines is 1. The Labute approximate surface area is 121 Å². The predicted molar refractivity (Wildman–Crippen MR) is 78.1 cm³/mol. The Bertz CT molecular complexity index is 516. The standard InChI is InChI=1S/C12H17ClN4O3/c1-19-6-7-20-5-3-2-4-15-10-9(8-14)16-12(13)17-11(10)18/h2-3,8,14-15H,4-7H2,1H3,(H,16,17,18)/b3-2+,14-8?. The summed E-state index contributed by atoms with van der Waals surface area (Å²) in [6.07, 6.45) is 4.61. The zero-order valence-corrected chi connectivity index (χ0v) is 11.9. The molecule has 0 bridgehead atoms. The molecule has 0 aromatic carbocycles. The summed E-state index contributed by atoms with van der Waals surface area (Å²) in [5.74, 6) is 0. The average molecular weight is 301 g/mol. The van der Waals surface area contributed by atoms with Crippen molar-refractivity contribution in [3.63, 3.8) is 0 Å². The Morgan fingerprint density at radius 2 is 2.25 bits per heavy atom. The quantitative estimate of drug-likeness (QED) is 0.274. The van der Waals surface area contributed by atoms with Crippen LogP contribution in [0.15, 0.2) is 16.9 Å². The van der Waals surface area contributed by atoms with E-state index in [0.717, 1.165) is 6.21 Å². The van der Waals surface area contributed by atoms with Crippen LogP contribution in [0.2, 0.25) is 5.28 Å². The van der Waals surface area contributed by atoms with Gasteiger partial charge in [0.15, 0.2) is 0 Å². The van der Waals surface area contributed by atoms with Crippen molar-refractivity contribution in [1.29, 1.82) is 5.41 Å². The molecular formula is C12H17ClN4O3. The van der Waals surface area contributed by atoms with E-state index in [1.165, 1.54) is 0 Å². The second kappa shape index (κ2) is 9.24. The number of rotatable bonds is 9. The molecule has 110 valence electrons. The van der Waals surface area contributed by atoms with Gasteiger partial charge in [0.1, 0.15) is 11.4 Å². The number of methoxy groups -OCH3 is 1. The Balaban J connectivity index is 2.44. The largest absolute Gasteiger partial charge is 0.382 e. The first-order valence-electron chi connectivity index (χ1n) is 5.95. The van der Waals surface area contributed by atoms with E-state index in [1.807, 2.05) is 12.2 Å². The maximum atomic E-state index is 11.6. The fourth-order valence-electron chi connectivity index (χ4n) is 1.34. The zero-order valence-electron chi connectivity index (χ0n) is 11.1. The third-order valence-electron chi connectivity index (χ3n) is 2.26. The highest BCUT2D eigenvalue weighted by Gasteiger charge is 2.07. The van der Waals surface area contributed by atoms with E-state index in [-0.39, 0.29) is 16.7 Å². The Kier molecular flexibility index (Phi) is 7.56. The Morgan fingerprint density at radius 3 is 2.95 bits per heavy atom. The number of nitrogens with one attached hydrogen (secondary N) is 3. The highest BCUT2D eigenvalue weighted by atomic mass is 35.5. The smallest absolute Gasteiger partial charge is 0.275 e. The number of hydrogen-bond acceptors (Lipinski definition) is 6. The van der Waals surface area contributed by atoms with E-state index in [4.69, 9.17) is 26.5 Å². The molecular weight excluding hydrogens is 284 g/mol. The molecule has 1 heterocycles. The van der Waals surface area contributed by atoms with Crippen molar-refractivity contribution in [3.05, 3.63) is 33.5 Å². The first-order chi connectivity index (χ1) is 9.69. The summed E-state index contributed by atoms with van der Waals surface area (Å²) in [7, 11) is 1.61. The van der Waals surface area contributed by atoms with Crippen molar-refractivity contribution >= 4 is 23.5 Å². The van der Waals surface area contributed by atoms with Crippen LogP contribution < -0.4 is 10.9 Å². The molecule has 0 spiro atoms. The van der Waals surface area contributed by atoms with Gasteiger partial charge < -0.3 is 20.2 Å². The van der Waals surface area contributed by atoms with Crippen LogP contribution in [0, 0.1) is 5.41 Å². The lowest BCUT2D eigenvalue weighted by Gasteiger charge is -2.05. The summed E-state index contributed by atoms with van der Waals surface area (Å²) in [4.78, 5) is 17.9. The van der Waals surface area contributed by atoms with Gasteiger partial charge in [0, 0.05) is 19.9 Å². The maximum absolute atomic E-state index is 11.6. The van der Waals surface area contributed by atoms with E-state index in [1.54, 1.807) is 7.11 Å². The van der Waals surface area contributed by atoms with Crippen molar-refractivity contribution < 1.29 is 9.47 Å². The van der Waals surface area contributed by atoms with Gasteiger partial charge in [0.05, 0.1) is 19.8 Å². The normalized spacial score (nSPS) is 10.9. The predicted octanol–water partition coefficient (Wildman–Crippen LogP) is 1.05. The molecule has 7 nitrogen and oxygen atoms in total. The number of nitrogens with zero attached hydrogens (tertiary/aromatic N) is 1. The van der Waals surface area contributed by atoms with Crippen LogP contribution in [0.4, 0.5) is 5.69 Å². The number of halogens is 1. The van der Waals surface area contributed by atoms with Crippen molar-refractivity contribution in [2.75, 3.05) is 38.8 Å². The molecule has 0 aliphatic carbocycles. The molecule has 1 aromatic rings. The second-order valence-corrected chi connectivity index (χ2v) is 4.04. The van der Waals surface area contributed by atoms with Gasteiger partial charge in [-0.05, 0) is 11.6 Å². The molecule has 0 aliphatic heterocycles. The summed E-state index contributed by atoms with van der Waals surface area (Å²) in [6, 6.07) is 0. The van der Waals surface area contributed by atoms with Gasteiger partial charge >= 0.3 is 0 Å². The first-order valence-corrected chi connectivity index (χ1v) is 6.32. The summed E-state index contributed by atoms with van der Waals surface area (Å²) in [5, 5.41) is 10.0. The topological polar surface area (TPSA) is 100 Å². The molecule has 1 aromatic heterocycles. The fraction of sp³-hybridized carbons (Fsp3) is 0.417. The molecule has 0 fully saturated rings. The van der Waals surface area contributed by atoms with Gasteiger partial charge in [-0.3, -0.25) is 9.78 Å². The van der Waals surface area contributed by atoms with Gasteiger partial charge in [-0.25, -0.2) is 4.98 Å². The summed E-state index contributed by atoms with van der Waals surface area (Å²) >= 11 is 5.61. The monoisotopic (exact) mass is 300 g/mol. The van der Waals surface area contributed by atoms with Gasteiger partial charge in [0.2, 0.25) is 5.28 Å². The summed E-state index contributed by atoms with van der Waals surface area (Å²) < 4.78 is 10.1. The third kappa shape index (κ3) is 5.52. The van der Waals surface area contributed by atoms with E-state index in [2.05, 4.69) is 15.3 Å². The van der Waals surface area contributed by atoms with E-state index in [9.17, 15) is 4.79 Å². The van der Waals surface area contributed by atoms with Crippen LogP contribution in [-0.2, 0) is 9.47 Å². The number of hydrogen-bond donors (Lipinski definition) is 3. The van der Waals surface area contributed by atoms with Gasteiger partial charge in [0.25, 0.3) is 5.56 Å². The van der Waals surface area contributed by atoms with Crippen LogP contribution in [-0.4, -0.2) is 49.7 Å². The second-order valence-electron chi connectivity index (χ2n) is 3.68. The minimum Gasteiger partial charge on any atom is -0.382 e. The van der Waals surface area contributed by atoms with Crippen LogP contribution in [0.5, 0.6) is 0 Å². The molecule has 0 aliphatic rings. The molecule has 0 saturated heterocycles. The summed E-state index contributed by atoms with van der Waals surface area (Å²) in [6.45, 7) is 1.98. The van der Waals surface area contributed by atoms with Gasteiger partial charge in [-0.15, -0.1) is 0 Å². The van der Waals surface area contributed by atoms with Crippen LogP contribution in [0.3, 0.4) is 0 Å². The molecule has 0 saturated carbocycles. The third-order valence-corrected chi connectivity index (χ3v) is 2.44. The van der Waals surface area contributed by atoms with Crippen molar-refractivity contribution in [2.24, 2.45) is 0 Å². The molecule has 8 heteroatoms. The van der Waals surface area contributed by atoms with Crippen molar-refractivity contribution in [3.8, 4) is 0 Å². The van der Waals surface area contributed by atoms with Crippen molar-refractivity contribution in [1.82, 2.24) is 9.97 Å². The molecule has 0 unspecified atom stereocenters. The first kappa shape index (κ1) is 16.4. The average Bonchev–Trinajstić information content (AvgIpc) is 2.43. The lowest BCUT2D eigenvalue weighted by molar-refractivity contribution is 0.0853. The number of ether oxygens (including phenoxy) is 2. The molecule has 0 atom stereocenters. The molecule has 20 heavy (non-hydrogen) atoms. The van der Waals surface area contributed by atoms with E-state index < -0.39 is 5.56 Å². The lowest BCUT2D eigenvalue weighted by atomic mass is 10.3. The molecule has 0 radical (unpaired) electrons.